The molecule has 0 bridgehead atoms. The van der Waals surface area contributed by atoms with Crippen LogP contribution in [-0.2, 0) is 0 Å². The Morgan fingerprint density at radius 3 is 2.21 bits per heavy atom. The molecule has 1 saturated heterocycles. The highest BCUT2D eigenvalue weighted by atomic mass is 19.1. The number of amides is 1. The number of anilines is 1. The Hall–Kier alpha value is -4.07. The fourth-order valence-electron chi connectivity index (χ4n) is 4.08. The highest BCUT2D eigenvalue weighted by molar-refractivity contribution is 5.95. The molecule has 166 valence electrons. The van der Waals surface area contributed by atoms with Crippen molar-refractivity contribution in [3.63, 3.8) is 0 Å². The largest absolute Gasteiger partial charge is 0.339 e. The molecule has 1 amide bonds. The summed E-state index contributed by atoms with van der Waals surface area (Å²) in [5.41, 5.74) is 1.14. The van der Waals surface area contributed by atoms with E-state index in [0.29, 0.717) is 54.2 Å². The lowest BCUT2D eigenvalue weighted by molar-refractivity contribution is 0.0746. The number of rotatable bonds is 3. The predicted molar refractivity (Wildman–Crippen MR) is 122 cm³/mol. The molecule has 0 unspecified atom stereocenters. The van der Waals surface area contributed by atoms with Gasteiger partial charge in [0.15, 0.2) is 0 Å². The third-order valence-electron chi connectivity index (χ3n) is 5.85. The van der Waals surface area contributed by atoms with E-state index >= 15 is 0 Å². The standard InChI is InChI=1S/C25H20F2N4O2/c26-19-5-3-6-20(27)22(19)16-8-10-17(11-9-16)24(33)30-12-14-31(15-13-30)25-28-21-7-2-1-4-18(21)23(32)29-25/h1-11H,12-15H2,(H,28,29,32). The van der Waals surface area contributed by atoms with E-state index < -0.39 is 11.6 Å². The number of piperazine rings is 1. The van der Waals surface area contributed by atoms with Gasteiger partial charge in [0.1, 0.15) is 11.6 Å². The van der Waals surface area contributed by atoms with Crippen LogP contribution in [0.4, 0.5) is 14.7 Å². The number of hydrogen-bond donors (Lipinski definition) is 1. The van der Waals surface area contributed by atoms with E-state index in [1.165, 1.54) is 18.2 Å². The van der Waals surface area contributed by atoms with Gasteiger partial charge in [-0.3, -0.25) is 14.6 Å². The van der Waals surface area contributed by atoms with E-state index in [0.717, 1.165) is 0 Å². The summed E-state index contributed by atoms with van der Waals surface area (Å²) in [5, 5.41) is 0.536. The van der Waals surface area contributed by atoms with Gasteiger partial charge < -0.3 is 9.80 Å². The van der Waals surface area contributed by atoms with E-state index in [4.69, 9.17) is 0 Å². The van der Waals surface area contributed by atoms with Crippen molar-refractivity contribution in [1.82, 2.24) is 14.9 Å². The first-order valence-corrected chi connectivity index (χ1v) is 10.6. The lowest BCUT2D eigenvalue weighted by Gasteiger charge is -2.35. The second kappa shape index (κ2) is 8.46. The smallest absolute Gasteiger partial charge is 0.260 e. The molecular weight excluding hydrogens is 426 g/mol. The van der Waals surface area contributed by atoms with Gasteiger partial charge in [-0.1, -0.05) is 30.3 Å². The minimum Gasteiger partial charge on any atom is -0.339 e. The van der Waals surface area contributed by atoms with Crippen LogP contribution >= 0.6 is 0 Å². The molecule has 2 heterocycles. The number of carbonyl (C=O) groups excluding carboxylic acids is 1. The van der Waals surface area contributed by atoms with E-state index in [1.807, 2.05) is 11.0 Å². The second-order valence-electron chi connectivity index (χ2n) is 7.86. The number of carbonyl (C=O) groups is 1. The Morgan fingerprint density at radius 1 is 0.848 bits per heavy atom. The quantitative estimate of drug-likeness (QED) is 0.519. The Kier molecular flexibility index (Phi) is 5.34. The number of nitrogens with zero attached hydrogens (tertiary/aromatic N) is 3. The zero-order valence-electron chi connectivity index (χ0n) is 17.6. The average Bonchev–Trinajstić information content (AvgIpc) is 2.84. The molecule has 1 fully saturated rings. The lowest BCUT2D eigenvalue weighted by atomic mass is 10.0. The van der Waals surface area contributed by atoms with Crippen LogP contribution in [0.5, 0.6) is 0 Å². The van der Waals surface area contributed by atoms with Crippen molar-refractivity contribution in [3.05, 3.63) is 94.3 Å². The number of nitrogens with one attached hydrogen (secondary N) is 1. The third kappa shape index (κ3) is 3.95. The fraction of sp³-hybridized carbons (Fsp3) is 0.160. The number of para-hydroxylation sites is 1. The maximum atomic E-state index is 14.0. The summed E-state index contributed by atoms with van der Waals surface area (Å²) in [4.78, 5) is 36.3. The number of halogens is 2. The summed E-state index contributed by atoms with van der Waals surface area (Å²) in [6.45, 7) is 1.95. The van der Waals surface area contributed by atoms with E-state index in [9.17, 15) is 18.4 Å². The van der Waals surface area contributed by atoms with Crippen molar-refractivity contribution in [2.24, 2.45) is 0 Å². The summed E-state index contributed by atoms with van der Waals surface area (Å²) in [5.74, 6) is -0.965. The van der Waals surface area contributed by atoms with Crippen LogP contribution in [0.25, 0.3) is 22.0 Å². The van der Waals surface area contributed by atoms with Crippen molar-refractivity contribution >= 4 is 22.8 Å². The fourth-order valence-corrected chi connectivity index (χ4v) is 4.08. The van der Waals surface area contributed by atoms with Crippen molar-refractivity contribution in [1.29, 1.82) is 0 Å². The van der Waals surface area contributed by atoms with E-state index in [1.54, 1.807) is 47.4 Å². The molecule has 33 heavy (non-hydrogen) atoms. The molecule has 4 aromatic rings. The third-order valence-corrected chi connectivity index (χ3v) is 5.85. The van der Waals surface area contributed by atoms with Gasteiger partial charge in [0, 0.05) is 31.7 Å². The van der Waals surface area contributed by atoms with E-state index in [-0.39, 0.29) is 17.0 Å². The Morgan fingerprint density at radius 2 is 1.52 bits per heavy atom. The Labute approximate surface area is 188 Å². The van der Waals surface area contributed by atoms with Crippen LogP contribution < -0.4 is 10.5 Å². The molecule has 0 saturated carbocycles. The number of fused-ring (bicyclic) bond motifs is 1. The van der Waals surface area contributed by atoms with Gasteiger partial charge in [0.05, 0.1) is 16.5 Å². The number of H-pyrrole nitrogens is 1. The van der Waals surface area contributed by atoms with Crippen LogP contribution in [0.2, 0.25) is 0 Å². The number of hydrogen-bond acceptors (Lipinski definition) is 4. The first-order valence-electron chi connectivity index (χ1n) is 10.6. The molecule has 5 rings (SSSR count). The van der Waals surface area contributed by atoms with Gasteiger partial charge >= 0.3 is 0 Å². The molecular formula is C25H20F2N4O2. The van der Waals surface area contributed by atoms with Crippen LogP contribution in [0.3, 0.4) is 0 Å². The molecule has 1 aliphatic heterocycles. The van der Waals surface area contributed by atoms with Gasteiger partial charge in [-0.2, -0.15) is 0 Å². The Balaban J connectivity index is 1.29. The minimum atomic E-state index is -0.648. The summed E-state index contributed by atoms with van der Waals surface area (Å²) >= 11 is 0. The van der Waals surface area contributed by atoms with E-state index in [2.05, 4.69) is 9.97 Å². The summed E-state index contributed by atoms with van der Waals surface area (Å²) < 4.78 is 28.1. The highest BCUT2D eigenvalue weighted by Gasteiger charge is 2.24. The molecule has 1 aliphatic rings. The molecule has 3 aromatic carbocycles. The summed E-state index contributed by atoms with van der Waals surface area (Å²) in [7, 11) is 0. The summed E-state index contributed by atoms with van der Waals surface area (Å²) in [6, 6.07) is 17.1. The van der Waals surface area contributed by atoms with Gasteiger partial charge in [-0.25, -0.2) is 13.8 Å². The number of aromatic amines is 1. The lowest BCUT2D eigenvalue weighted by Crippen LogP contribution is -2.49. The van der Waals surface area contributed by atoms with Gasteiger partial charge in [0.2, 0.25) is 5.95 Å². The van der Waals surface area contributed by atoms with Gasteiger partial charge in [-0.05, 0) is 42.0 Å². The highest BCUT2D eigenvalue weighted by Crippen LogP contribution is 2.26. The zero-order valence-corrected chi connectivity index (χ0v) is 17.6. The molecule has 0 radical (unpaired) electrons. The van der Waals surface area contributed by atoms with Crippen molar-refractivity contribution < 1.29 is 13.6 Å². The maximum absolute atomic E-state index is 14.0. The molecule has 0 spiro atoms. The molecule has 8 heteroatoms. The van der Waals surface area contributed by atoms with Crippen molar-refractivity contribution in [2.45, 2.75) is 0 Å². The van der Waals surface area contributed by atoms with Crippen LogP contribution in [0.1, 0.15) is 10.4 Å². The van der Waals surface area contributed by atoms with Crippen LogP contribution in [0.15, 0.2) is 71.5 Å². The minimum absolute atomic E-state index is 0.109. The second-order valence-corrected chi connectivity index (χ2v) is 7.86. The molecule has 1 aromatic heterocycles. The van der Waals surface area contributed by atoms with Crippen molar-refractivity contribution in [2.75, 3.05) is 31.1 Å². The average molecular weight is 446 g/mol. The molecule has 1 N–H and O–H groups in total. The molecule has 0 atom stereocenters. The number of aromatic nitrogens is 2. The zero-order chi connectivity index (χ0) is 22.9. The van der Waals surface area contributed by atoms with Gasteiger partial charge in [-0.15, -0.1) is 0 Å². The summed E-state index contributed by atoms with van der Waals surface area (Å²) in [6.07, 6.45) is 0. The topological polar surface area (TPSA) is 69.3 Å². The number of benzene rings is 3. The SMILES string of the molecule is O=C(c1ccc(-c2c(F)cccc2F)cc1)N1CCN(c2nc3ccccc3c(=O)[nH]2)CC1. The first-order chi connectivity index (χ1) is 16.0. The maximum Gasteiger partial charge on any atom is 0.260 e. The normalized spacial score (nSPS) is 14.0. The van der Waals surface area contributed by atoms with Gasteiger partial charge in [0.25, 0.3) is 11.5 Å². The van der Waals surface area contributed by atoms with Crippen LogP contribution in [0, 0.1) is 11.6 Å². The molecule has 0 aliphatic carbocycles. The first kappa shape index (κ1) is 20.8. The monoisotopic (exact) mass is 446 g/mol. The van der Waals surface area contributed by atoms with Crippen molar-refractivity contribution in [3.8, 4) is 11.1 Å². The molecule has 6 nitrogen and oxygen atoms in total. The predicted octanol–water partition coefficient (Wildman–Crippen LogP) is 3.83. The van der Waals surface area contributed by atoms with Crippen LogP contribution in [-0.4, -0.2) is 47.0 Å². The Bertz CT molecular complexity index is 1370.